The van der Waals surface area contributed by atoms with Crippen molar-refractivity contribution in [2.45, 2.75) is 6.92 Å². The zero-order valence-electron chi connectivity index (χ0n) is 14.4. The largest absolute Gasteiger partial charge is 0.493 e. The summed E-state index contributed by atoms with van der Waals surface area (Å²) in [5, 5.41) is 3.96. The summed E-state index contributed by atoms with van der Waals surface area (Å²) >= 11 is 0. The lowest BCUT2D eigenvalue weighted by atomic mass is 10.2. The number of carbonyl (C=O) groups is 1. The number of hydrogen-bond acceptors (Lipinski definition) is 6. The zero-order chi connectivity index (χ0) is 18.2. The van der Waals surface area contributed by atoms with Gasteiger partial charge in [-0.3, -0.25) is 4.79 Å². The fraction of sp³-hybridized carbons (Fsp3) is 0.222. The first-order valence-electron chi connectivity index (χ1n) is 7.66. The van der Waals surface area contributed by atoms with Gasteiger partial charge in [0.2, 0.25) is 5.75 Å². The minimum atomic E-state index is -0.353. The number of hydrazone groups is 1. The van der Waals surface area contributed by atoms with E-state index in [2.05, 4.69) is 10.5 Å². The Kier molecular flexibility index (Phi) is 6.22. The van der Waals surface area contributed by atoms with Crippen LogP contribution in [0.15, 0.2) is 41.5 Å². The van der Waals surface area contributed by atoms with Crippen LogP contribution in [0.25, 0.3) is 0 Å². The van der Waals surface area contributed by atoms with Gasteiger partial charge in [0, 0.05) is 16.8 Å². The molecule has 0 aliphatic heterocycles. The lowest BCUT2D eigenvalue weighted by Crippen LogP contribution is -2.17. The highest BCUT2D eigenvalue weighted by atomic mass is 16.5. The van der Waals surface area contributed by atoms with E-state index in [1.54, 1.807) is 50.6 Å². The van der Waals surface area contributed by atoms with Crippen LogP contribution in [0, 0.1) is 0 Å². The number of hydrogen-bond donors (Lipinski definition) is 2. The normalized spacial score (nSPS) is 10.5. The molecule has 7 heteroatoms. The van der Waals surface area contributed by atoms with Crippen LogP contribution in [0.3, 0.4) is 0 Å². The molecule has 0 spiro atoms. The molecule has 2 aromatic carbocycles. The van der Waals surface area contributed by atoms with Crippen molar-refractivity contribution in [3.63, 3.8) is 0 Å². The molecule has 2 rings (SSSR count). The molecular weight excluding hydrogens is 322 g/mol. The number of rotatable bonds is 7. The van der Waals surface area contributed by atoms with Gasteiger partial charge in [-0.25, -0.2) is 5.43 Å². The van der Waals surface area contributed by atoms with E-state index in [9.17, 15) is 4.79 Å². The quantitative estimate of drug-likeness (QED) is 0.457. The first-order valence-corrected chi connectivity index (χ1v) is 7.66. The van der Waals surface area contributed by atoms with Gasteiger partial charge < -0.3 is 19.9 Å². The van der Waals surface area contributed by atoms with E-state index in [1.165, 1.54) is 6.21 Å². The molecule has 3 N–H and O–H groups in total. The molecule has 1 amide bonds. The maximum Gasteiger partial charge on any atom is 0.271 e. The summed E-state index contributed by atoms with van der Waals surface area (Å²) in [6.07, 6.45) is 1.49. The van der Waals surface area contributed by atoms with Crippen LogP contribution < -0.4 is 25.4 Å². The summed E-state index contributed by atoms with van der Waals surface area (Å²) in [5.74, 6) is 1.21. The van der Waals surface area contributed by atoms with Crippen molar-refractivity contribution in [2.75, 3.05) is 26.6 Å². The van der Waals surface area contributed by atoms with Crippen molar-refractivity contribution in [2.24, 2.45) is 5.10 Å². The van der Waals surface area contributed by atoms with Crippen LogP contribution >= 0.6 is 0 Å². The molecule has 0 atom stereocenters. The van der Waals surface area contributed by atoms with E-state index >= 15 is 0 Å². The molecule has 0 aromatic heterocycles. The van der Waals surface area contributed by atoms with Crippen molar-refractivity contribution in [1.82, 2.24) is 5.43 Å². The third kappa shape index (κ3) is 4.63. The number of anilines is 1. The molecule has 0 radical (unpaired) electrons. The molecule has 0 saturated carbocycles. The van der Waals surface area contributed by atoms with Crippen molar-refractivity contribution >= 4 is 17.8 Å². The van der Waals surface area contributed by atoms with Crippen molar-refractivity contribution in [3.8, 4) is 17.2 Å². The van der Waals surface area contributed by atoms with Crippen molar-refractivity contribution in [3.05, 3.63) is 47.5 Å². The summed E-state index contributed by atoms with van der Waals surface area (Å²) in [6, 6.07) is 10.1. The number of carbonyl (C=O) groups excluding carboxylic acids is 1. The van der Waals surface area contributed by atoms with E-state index in [1.807, 2.05) is 6.92 Å². The molecule has 132 valence electrons. The van der Waals surface area contributed by atoms with Gasteiger partial charge in [0.05, 0.1) is 27.0 Å². The van der Waals surface area contributed by atoms with E-state index in [0.717, 1.165) is 0 Å². The van der Waals surface area contributed by atoms with Gasteiger partial charge in [0.15, 0.2) is 11.5 Å². The highest BCUT2D eigenvalue weighted by molar-refractivity contribution is 5.95. The topological polar surface area (TPSA) is 95.2 Å². The Morgan fingerprint density at radius 1 is 1.20 bits per heavy atom. The Bertz CT molecular complexity index is 750. The molecule has 0 fully saturated rings. The predicted octanol–water partition coefficient (Wildman–Crippen LogP) is 2.45. The molecule has 0 bridgehead atoms. The summed E-state index contributed by atoms with van der Waals surface area (Å²) in [5.41, 5.74) is 9.74. The summed E-state index contributed by atoms with van der Waals surface area (Å²) in [7, 11) is 3.08. The van der Waals surface area contributed by atoms with Crippen molar-refractivity contribution in [1.29, 1.82) is 0 Å². The zero-order valence-corrected chi connectivity index (χ0v) is 14.4. The van der Waals surface area contributed by atoms with Crippen LogP contribution in [0.5, 0.6) is 17.2 Å². The third-order valence-electron chi connectivity index (χ3n) is 3.30. The minimum Gasteiger partial charge on any atom is -0.493 e. The average molecular weight is 343 g/mol. The van der Waals surface area contributed by atoms with Crippen LogP contribution in [-0.4, -0.2) is 32.9 Å². The standard InChI is InChI=1S/C18H21N3O4/c1-4-25-17-15(23-2)8-12(9-16(17)24-3)11-20-21-18(22)13-6-5-7-14(19)10-13/h5-11H,4,19H2,1-3H3,(H,21,22)/b20-11-. The number of ether oxygens (including phenoxy) is 3. The van der Waals surface area contributed by atoms with Gasteiger partial charge in [-0.2, -0.15) is 5.10 Å². The summed E-state index contributed by atoms with van der Waals surface area (Å²) < 4.78 is 16.2. The molecule has 0 saturated heterocycles. The molecule has 0 aliphatic carbocycles. The number of benzene rings is 2. The Hall–Kier alpha value is -3.22. The van der Waals surface area contributed by atoms with Crippen LogP contribution in [0.1, 0.15) is 22.8 Å². The first-order chi connectivity index (χ1) is 12.1. The smallest absolute Gasteiger partial charge is 0.271 e. The molecular formula is C18H21N3O4. The molecule has 0 unspecified atom stereocenters. The highest BCUT2D eigenvalue weighted by Crippen LogP contribution is 2.38. The molecule has 0 heterocycles. The summed E-state index contributed by atoms with van der Waals surface area (Å²) in [4.78, 5) is 12.0. The Balaban J connectivity index is 2.16. The van der Waals surface area contributed by atoms with Gasteiger partial charge in [-0.05, 0) is 37.3 Å². The lowest BCUT2D eigenvalue weighted by molar-refractivity contribution is 0.0955. The number of nitrogens with two attached hydrogens (primary N) is 1. The Labute approximate surface area is 146 Å². The Morgan fingerprint density at radius 3 is 2.44 bits per heavy atom. The molecule has 2 aromatic rings. The second-order valence-corrected chi connectivity index (χ2v) is 5.01. The third-order valence-corrected chi connectivity index (χ3v) is 3.30. The number of amides is 1. The maximum absolute atomic E-state index is 12.0. The van der Waals surface area contributed by atoms with E-state index < -0.39 is 0 Å². The molecule has 7 nitrogen and oxygen atoms in total. The molecule has 25 heavy (non-hydrogen) atoms. The monoisotopic (exact) mass is 343 g/mol. The number of nitrogens with one attached hydrogen (secondary N) is 1. The Morgan fingerprint density at radius 2 is 1.88 bits per heavy atom. The maximum atomic E-state index is 12.0. The van der Waals surface area contributed by atoms with Gasteiger partial charge in [0.25, 0.3) is 5.91 Å². The summed E-state index contributed by atoms with van der Waals surface area (Å²) in [6.45, 7) is 2.36. The van der Waals surface area contributed by atoms with Crippen molar-refractivity contribution < 1.29 is 19.0 Å². The van der Waals surface area contributed by atoms with Crippen LogP contribution in [0.4, 0.5) is 5.69 Å². The number of methoxy groups -OCH3 is 2. The first kappa shape index (κ1) is 18.1. The van der Waals surface area contributed by atoms with Crippen LogP contribution in [0.2, 0.25) is 0 Å². The fourth-order valence-electron chi connectivity index (χ4n) is 2.17. The minimum absolute atomic E-state index is 0.353. The van der Waals surface area contributed by atoms with Crippen LogP contribution in [-0.2, 0) is 0 Å². The van der Waals surface area contributed by atoms with Gasteiger partial charge in [-0.15, -0.1) is 0 Å². The van der Waals surface area contributed by atoms with E-state index in [0.29, 0.717) is 40.7 Å². The second kappa shape index (κ2) is 8.58. The lowest BCUT2D eigenvalue weighted by Gasteiger charge is -2.14. The number of nitrogen functional groups attached to an aromatic ring is 1. The fourth-order valence-corrected chi connectivity index (χ4v) is 2.17. The van der Waals surface area contributed by atoms with Gasteiger partial charge >= 0.3 is 0 Å². The SMILES string of the molecule is CCOc1c(OC)cc(/C=N\NC(=O)c2cccc(N)c2)cc1OC. The molecule has 0 aliphatic rings. The van der Waals surface area contributed by atoms with Gasteiger partial charge in [0.1, 0.15) is 0 Å². The number of nitrogens with zero attached hydrogens (tertiary/aromatic N) is 1. The van der Waals surface area contributed by atoms with Gasteiger partial charge in [-0.1, -0.05) is 6.07 Å². The second-order valence-electron chi connectivity index (χ2n) is 5.01. The average Bonchev–Trinajstić information content (AvgIpc) is 2.62. The van der Waals surface area contributed by atoms with E-state index in [4.69, 9.17) is 19.9 Å². The van der Waals surface area contributed by atoms with E-state index in [-0.39, 0.29) is 5.91 Å². The predicted molar refractivity (Wildman–Crippen MR) is 96.6 cm³/mol. The highest BCUT2D eigenvalue weighted by Gasteiger charge is 2.13.